The first-order valence-corrected chi connectivity index (χ1v) is 7.44. The maximum absolute atomic E-state index is 11.8. The fourth-order valence-electron chi connectivity index (χ4n) is 1.95. The van der Waals surface area contributed by atoms with Crippen molar-refractivity contribution >= 4 is 23.2 Å². The first kappa shape index (κ1) is 16.2. The Hall–Kier alpha value is -2.20. The molecule has 22 heavy (non-hydrogen) atoms. The lowest BCUT2D eigenvalue weighted by Gasteiger charge is -2.08. The Morgan fingerprint density at radius 3 is 2.41 bits per heavy atom. The molecule has 5 heteroatoms. The van der Waals surface area contributed by atoms with Crippen LogP contribution in [0, 0.1) is 0 Å². The van der Waals surface area contributed by atoms with Crippen molar-refractivity contribution in [3.05, 3.63) is 59.1 Å². The van der Waals surface area contributed by atoms with E-state index in [0.717, 1.165) is 23.4 Å². The van der Waals surface area contributed by atoms with E-state index >= 15 is 0 Å². The lowest BCUT2D eigenvalue weighted by atomic mass is 10.1. The van der Waals surface area contributed by atoms with Crippen LogP contribution in [-0.4, -0.2) is 26.1 Å². The number of halogens is 1. The normalized spacial score (nSPS) is 10.1. The molecule has 0 aliphatic carbocycles. The Kier molecular flexibility index (Phi) is 6.10. The van der Waals surface area contributed by atoms with Crippen molar-refractivity contribution in [3.63, 3.8) is 0 Å². The highest BCUT2D eigenvalue weighted by molar-refractivity contribution is 6.30. The van der Waals surface area contributed by atoms with Gasteiger partial charge >= 0.3 is 0 Å². The Labute approximate surface area is 135 Å². The summed E-state index contributed by atoms with van der Waals surface area (Å²) in [4.78, 5) is 11.8. The maximum Gasteiger partial charge on any atom is 0.239 e. The number of carbonyl (C=O) groups is 1. The van der Waals surface area contributed by atoms with Gasteiger partial charge in [-0.1, -0.05) is 23.7 Å². The Morgan fingerprint density at radius 2 is 1.77 bits per heavy atom. The smallest absolute Gasteiger partial charge is 0.239 e. The number of amides is 1. The van der Waals surface area contributed by atoms with Crippen molar-refractivity contribution in [1.82, 2.24) is 5.32 Å². The van der Waals surface area contributed by atoms with Gasteiger partial charge in [0, 0.05) is 17.3 Å². The highest BCUT2D eigenvalue weighted by Crippen LogP contribution is 2.13. The van der Waals surface area contributed by atoms with E-state index in [0.29, 0.717) is 11.6 Å². The molecule has 2 rings (SSSR count). The molecule has 0 aromatic heterocycles. The number of nitrogens with one attached hydrogen (secondary N) is 2. The first-order valence-electron chi connectivity index (χ1n) is 7.06. The molecule has 2 aromatic rings. The van der Waals surface area contributed by atoms with Gasteiger partial charge in [-0.25, -0.2) is 0 Å². The van der Waals surface area contributed by atoms with Gasteiger partial charge in [-0.15, -0.1) is 0 Å². The minimum atomic E-state index is -0.0385. The molecule has 4 nitrogen and oxygen atoms in total. The first-order chi connectivity index (χ1) is 10.7. The summed E-state index contributed by atoms with van der Waals surface area (Å²) < 4.78 is 5.11. The Morgan fingerprint density at radius 1 is 1.09 bits per heavy atom. The summed E-state index contributed by atoms with van der Waals surface area (Å²) in [6, 6.07) is 15.1. The van der Waals surface area contributed by atoms with Crippen LogP contribution in [0.25, 0.3) is 0 Å². The zero-order valence-electron chi connectivity index (χ0n) is 12.4. The highest BCUT2D eigenvalue weighted by atomic mass is 35.5. The van der Waals surface area contributed by atoms with Crippen LogP contribution in [-0.2, 0) is 11.2 Å². The van der Waals surface area contributed by atoms with Gasteiger partial charge in [-0.3, -0.25) is 4.79 Å². The molecule has 0 radical (unpaired) electrons. The summed E-state index contributed by atoms with van der Waals surface area (Å²) in [5, 5.41) is 6.61. The minimum Gasteiger partial charge on any atom is -0.497 e. The zero-order valence-corrected chi connectivity index (χ0v) is 13.2. The van der Waals surface area contributed by atoms with Crippen LogP contribution in [0.3, 0.4) is 0 Å². The van der Waals surface area contributed by atoms with Crippen LogP contribution in [0.15, 0.2) is 48.5 Å². The van der Waals surface area contributed by atoms with Crippen LogP contribution >= 0.6 is 11.6 Å². The maximum atomic E-state index is 11.8. The second-order valence-electron chi connectivity index (χ2n) is 4.81. The second-order valence-corrected chi connectivity index (χ2v) is 5.24. The zero-order chi connectivity index (χ0) is 15.8. The third-order valence-electron chi connectivity index (χ3n) is 3.19. The molecule has 2 aromatic carbocycles. The van der Waals surface area contributed by atoms with E-state index < -0.39 is 0 Å². The van der Waals surface area contributed by atoms with Gasteiger partial charge in [0.2, 0.25) is 5.91 Å². The lowest BCUT2D eigenvalue weighted by molar-refractivity contribution is -0.119. The monoisotopic (exact) mass is 318 g/mol. The quantitative estimate of drug-likeness (QED) is 0.824. The number of hydrogen-bond donors (Lipinski definition) is 2. The highest BCUT2D eigenvalue weighted by Gasteiger charge is 2.01. The molecule has 2 N–H and O–H groups in total. The van der Waals surface area contributed by atoms with Crippen molar-refractivity contribution in [2.75, 3.05) is 25.5 Å². The van der Waals surface area contributed by atoms with E-state index in [2.05, 4.69) is 10.6 Å². The lowest BCUT2D eigenvalue weighted by Crippen LogP contribution is -2.31. The van der Waals surface area contributed by atoms with Crippen LogP contribution in [0.2, 0.25) is 5.02 Å². The second kappa shape index (κ2) is 8.29. The van der Waals surface area contributed by atoms with Crippen molar-refractivity contribution < 1.29 is 9.53 Å². The van der Waals surface area contributed by atoms with Gasteiger partial charge in [-0.2, -0.15) is 0 Å². The molecule has 116 valence electrons. The van der Waals surface area contributed by atoms with Gasteiger partial charge in [-0.05, 0) is 48.4 Å². The number of rotatable bonds is 7. The predicted molar refractivity (Wildman–Crippen MR) is 89.6 cm³/mol. The van der Waals surface area contributed by atoms with E-state index in [4.69, 9.17) is 16.3 Å². The number of ether oxygens (including phenoxy) is 1. The Bertz CT molecular complexity index is 597. The van der Waals surface area contributed by atoms with Crippen LogP contribution < -0.4 is 15.4 Å². The number of methoxy groups -OCH3 is 1. The van der Waals surface area contributed by atoms with Gasteiger partial charge in [0.1, 0.15) is 5.75 Å². The average Bonchev–Trinajstić information content (AvgIpc) is 2.55. The van der Waals surface area contributed by atoms with E-state index in [1.165, 1.54) is 0 Å². The number of anilines is 1. The summed E-state index contributed by atoms with van der Waals surface area (Å²) in [6.45, 7) is 0.845. The van der Waals surface area contributed by atoms with Crippen molar-refractivity contribution in [1.29, 1.82) is 0 Å². The molecule has 0 spiro atoms. The van der Waals surface area contributed by atoms with Crippen LogP contribution in [0.4, 0.5) is 5.69 Å². The van der Waals surface area contributed by atoms with E-state index in [1.54, 1.807) is 19.2 Å². The molecule has 1 amide bonds. The predicted octanol–water partition coefficient (Wildman–Crippen LogP) is 3.12. The van der Waals surface area contributed by atoms with Crippen molar-refractivity contribution in [2.45, 2.75) is 6.42 Å². The van der Waals surface area contributed by atoms with E-state index in [9.17, 15) is 4.79 Å². The molecule has 0 unspecified atom stereocenters. The van der Waals surface area contributed by atoms with Gasteiger partial charge in [0.25, 0.3) is 0 Å². The van der Waals surface area contributed by atoms with E-state index in [1.807, 2.05) is 36.4 Å². The average molecular weight is 319 g/mol. The molecule has 0 bridgehead atoms. The van der Waals surface area contributed by atoms with Crippen LogP contribution in [0.1, 0.15) is 5.56 Å². The molecule has 0 saturated carbocycles. The third kappa shape index (κ3) is 5.30. The number of benzene rings is 2. The summed E-state index contributed by atoms with van der Waals surface area (Å²) in [7, 11) is 1.64. The largest absolute Gasteiger partial charge is 0.497 e. The van der Waals surface area contributed by atoms with Crippen LogP contribution in [0.5, 0.6) is 5.75 Å². The molecule has 0 heterocycles. The molecule has 0 atom stereocenters. The fourth-order valence-corrected chi connectivity index (χ4v) is 2.08. The SMILES string of the molecule is COc1ccc(CCNC(=O)CNc2ccc(Cl)cc2)cc1. The van der Waals surface area contributed by atoms with Crippen molar-refractivity contribution in [2.24, 2.45) is 0 Å². The molecular formula is C17H19ClN2O2. The number of carbonyl (C=O) groups excluding carboxylic acids is 1. The minimum absolute atomic E-state index is 0.0385. The molecular weight excluding hydrogens is 300 g/mol. The van der Waals surface area contributed by atoms with Crippen molar-refractivity contribution in [3.8, 4) is 5.75 Å². The summed E-state index contributed by atoms with van der Waals surface area (Å²) >= 11 is 5.81. The third-order valence-corrected chi connectivity index (χ3v) is 3.44. The van der Waals surface area contributed by atoms with E-state index in [-0.39, 0.29) is 12.5 Å². The molecule has 0 fully saturated rings. The fraction of sp³-hybridized carbons (Fsp3) is 0.235. The van der Waals surface area contributed by atoms with Gasteiger partial charge in [0.15, 0.2) is 0 Å². The van der Waals surface area contributed by atoms with Gasteiger partial charge < -0.3 is 15.4 Å². The molecule has 0 aliphatic heterocycles. The topological polar surface area (TPSA) is 50.4 Å². The Balaban J connectivity index is 1.67. The summed E-state index contributed by atoms with van der Waals surface area (Å²) in [6.07, 6.45) is 0.788. The van der Waals surface area contributed by atoms with Gasteiger partial charge in [0.05, 0.1) is 13.7 Å². The summed E-state index contributed by atoms with van der Waals surface area (Å²) in [5.74, 6) is 0.795. The summed E-state index contributed by atoms with van der Waals surface area (Å²) in [5.41, 5.74) is 2.03. The molecule has 0 saturated heterocycles. The molecule has 0 aliphatic rings. The standard InChI is InChI=1S/C17H19ClN2O2/c1-22-16-8-2-13(3-9-16)10-11-19-17(21)12-20-15-6-4-14(18)5-7-15/h2-9,20H,10-12H2,1H3,(H,19,21). The number of hydrogen-bond acceptors (Lipinski definition) is 3.